The van der Waals surface area contributed by atoms with Gasteiger partial charge in [0.1, 0.15) is 0 Å². The van der Waals surface area contributed by atoms with Gasteiger partial charge in [-0.1, -0.05) is 19.3 Å². The van der Waals surface area contributed by atoms with Gasteiger partial charge in [0.2, 0.25) is 0 Å². The molecule has 2 aliphatic carbocycles. The Morgan fingerprint density at radius 1 is 1.12 bits per heavy atom. The third-order valence-corrected chi connectivity index (χ3v) is 5.67. The van der Waals surface area contributed by atoms with Gasteiger partial charge in [-0.25, -0.2) is 0 Å². The lowest BCUT2D eigenvalue weighted by Crippen LogP contribution is -2.54. The third kappa shape index (κ3) is 3.62. The normalized spacial score (nSPS) is 27.0. The van der Waals surface area contributed by atoms with Gasteiger partial charge >= 0.3 is 0 Å². The van der Waals surface area contributed by atoms with E-state index in [1.54, 1.807) is 0 Å². The van der Waals surface area contributed by atoms with Gasteiger partial charge in [0, 0.05) is 24.9 Å². The predicted molar refractivity (Wildman–Crippen MR) is 75.6 cm³/mol. The zero-order chi connectivity index (χ0) is 12.0. The number of aliphatic hydroxyl groups is 1. The van der Waals surface area contributed by atoms with Crippen molar-refractivity contribution in [3.05, 3.63) is 0 Å². The second kappa shape index (κ2) is 7.01. The molecule has 0 aliphatic heterocycles. The van der Waals surface area contributed by atoms with E-state index in [2.05, 4.69) is 5.32 Å². The fourth-order valence-electron chi connectivity index (χ4n) is 3.44. The van der Waals surface area contributed by atoms with E-state index < -0.39 is 0 Å². The van der Waals surface area contributed by atoms with Crippen molar-refractivity contribution in [3.8, 4) is 0 Å². The fraction of sp³-hybridized carbons (Fsp3) is 1.00. The maximum absolute atomic E-state index is 8.70. The first-order valence-corrected chi connectivity index (χ1v) is 8.45. The molecule has 0 heterocycles. The Bertz CT molecular complexity index is 216. The van der Waals surface area contributed by atoms with E-state index >= 15 is 0 Å². The SMILES string of the molecule is OCCCSCCNC1CCC12CCCCC2. The Morgan fingerprint density at radius 3 is 2.59 bits per heavy atom. The summed E-state index contributed by atoms with van der Waals surface area (Å²) in [6, 6.07) is 0.821. The van der Waals surface area contributed by atoms with Crippen molar-refractivity contribution in [2.75, 3.05) is 24.7 Å². The molecular weight excluding hydrogens is 230 g/mol. The lowest BCUT2D eigenvalue weighted by atomic mass is 9.57. The summed E-state index contributed by atoms with van der Waals surface area (Å²) in [6.07, 6.45) is 11.2. The number of nitrogens with one attached hydrogen (secondary N) is 1. The molecule has 17 heavy (non-hydrogen) atoms. The highest BCUT2D eigenvalue weighted by molar-refractivity contribution is 7.99. The van der Waals surface area contributed by atoms with Crippen molar-refractivity contribution in [2.45, 2.75) is 57.4 Å². The van der Waals surface area contributed by atoms with Crippen LogP contribution in [0.4, 0.5) is 0 Å². The summed E-state index contributed by atoms with van der Waals surface area (Å²) >= 11 is 1.97. The van der Waals surface area contributed by atoms with E-state index in [1.807, 2.05) is 11.8 Å². The number of rotatable bonds is 7. The lowest BCUT2D eigenvalue weighted by molar-refractivity contribution is 0.0244. The van der Waals surface area contributed by atoms with Crippen molar-refractivity contribution in [2.24, 2.45) is 5.41 Å². The molecule has 0 bridgehead atoms. The quantitative estimate of drug-likeness (QED) is 0.688. The van der Waals surface area contributed by atoms with Crippen molar-refractivity contribution in [1.29, 1.82) is 0 Å². The van der Waals surface area contributed by atoms with Gasteiger partial charge < -0.3 is 10.4 Å². The number of aliphatic hydroxyl groups excluding tert-OH is 1. The largest absolute Gasteiger partial charge is 0.396 e. The Balaban J connectivity index is 1.56. The van der Waals surface area contributed by atoms with Crippen molar-refractivity contribution in [1.82, 2.24) is 5.32 Å². The first-order valence-electron chi connectivity index (χ1n) is 7.29. The maximum Gasteiger partial charge on any atom is 0.0438 e. The summed E-state index contributed by atoms with van der Waals surface area (Å²) in [4.78, 5) is 0. The van der Waals surface area contributed by atoms with Crippen LogP contribution in [0.25, 0.3) is 0 Å². The molecule has 0 radical (unpaired) electrons. The first kappa shape index (κ1) is 13.7. The first-order chi connectivity index (χ1) is 8.37. The molecule has 1 spiro atoms. The van der Waals surface area contributed by atoms with Gasteiger partial charge in [0.15, 0.2) is 0 Å². The van der Waals surface area contributed by atoms with Crippen LogP contribution in [0.2, 0.25) is 0 Å². The molecule has 2 N–H and O–H groups in total. The summed E-state index contributed by atoms with van der Waals surface area (Å²) < 4.78 is 0. The van der Waals surface area contributed by atoms with Gasteiger partial charge in [-0.2, -0.15) is 11.8 Å². The molecule has 0 amide bonds. The van der Waals surface area contributed by atoms with Crippen LogP contribution in [0, 0.1) is 5.41 Å². The molecule has 100 valence electrons. The van der Waals surface area contributed by atoms with Crippen LogP contribution >= 0.6 is 11.8 Å². The van der Waals surface area contributed by atoms with Gasteiger partial charge in [0.25, 0.3) is 0 Å². The Labute approximate surface area is 110 Å². The number of hydrogen-bond acceptors (Lipinski definition) is 3. The molecule has 0 aromatic carbocycles. The highest BCUT2D eigenvalue weighted by Crippen LogP contribution is 2.51. The molecule has 2 aliphatic rings. The second-order valence-corrected chi connectivity index (χ2v) is 6.88. The summed E-state index contributed by atoms with van der Waals surface area (Å²) in [6.45, 7) is 1.49. The third-order valence-electron chi connectivity index (χ3n) is 4.60. The molecule has 3 heteroatoms. The van der Waals surface area contributed by atoms with E-state index in [1.165, 1.54) is 50.7 Å². The molecule has 2 rings (SSSR count). The highest BCUT2D eigenvalue weighted by Gasteiger charge is 2.46. The van der Waals surface area contributed by atoms with Crippen molar-refractivity contribution >= 4 is 11.8 Å². The van der Waals surface area contributed by atoms with Crippen molar-refractivity contribution in [3.63, 3.8) is 0 Å². The molecule has 1 unspecified atom stereocenters. The number of thioether (sulfide) groups is 1. The van der Waals surface area contributed by atoms with Crippen LogP contribution in [0.3, 0.4) is 0 Å². The molecule has 0 aromatic rings. The van der Waals surface area contributed by atoms with Gasteiger partial charge in [-0.3, -0.25) is 0 Å². The van der Waals surface area contributed by atoms with Gasteiger partial charge in [-0.05, 0) is 43.3 Å². The molecule has 0 saturated heterocycles. The smallest absolute Gasteiger partial charge is 0.0438 e. The minimum atomic E-state index is 0.339. The van der Waals surface area contributed by atoms with E-state index in [-0.39, 0.29) is 0 Å². The predicted octanol–water partition coefficient (Wildman–Crippen LogP) is 2.80. The van der Waals surface area contributed by atoms with Crippen LogP contribution in [0.1, 0.15) is 51.4 Å². The molecule has 2 nitrogen and oxygen atoms in total. The van der Waals surface area contributed by atoms with Crippen LogP contribution in [-0.2, 0) is 0 Å². The van der Waals surface area contributed by atoms with E-state index in [0.29, 0.717) is 12.0 Å². The Morgan fingerprint density at radius 2 is 1.94 bits per heavy atom. The van der Waals surface area contributed by atoms with E-state index in [4.69, 9.17) is 5.11 Å². The summed E-state index contributed by atoms with van der Waals surface area (Å²) in [5.74, 6) is 2.31. The molecule has 0 aromatic heterocycles. The summed E-state index contributed by atoms with van der Waals surface area (Å²) in [5.41, 5.74) is 0.702. The lowest BCUT2D eigenvalue weighted by Gasteiger charge is -2.52. The summed E-state index contributed by atoms with van der Waals surface area (Å²) in [5, 5.41) is 12.5. The highest BCUT2D eigenvalue weighted by atomic mass is 32.2. The molecule has 1 atom stereocenters. The second-order valence-electron chi connectivity index (χ2n) is 5.66. The minimum absolute atomic E-state index is 0.339. The zero-order valence-electron chi connectivity index (χ0n) is 10.9. The monoisotopic (exact) mass is 257 g/mol. The van der Waals surface area contributed by atoms with Crippen LogP contribution < -0.4 is 5.32 Å². The molecular formula is C14H27NOS. The van der Waals surface area contributed by atoms with Crippen LogP contribution in [0.5, 0.6) is 0 Å². The maximum atomic E-state index is 8.70. The number of hydrogen-bond donors (Lipinski definition) is 2. The zero-order valence-corrected chi connectivity index (χ0v) is 11.7. The van der Waals surface area contributed by atoms with E-state index in [9.17, 15) is 0 Å². The average molecular weight is 257 g/mol. The summed E-state index contributed by atoms with van der Waals surface area (Å²) in [7, 11) is 0. The van der Waals surface area contributed by atoms with Gasteiger partial charge in [-0.15, -0.1) is 0 Å². The fourth-order valence-corrected chi connectivity index (χ4v) is 4.24. The molecule has 2 fully saturated rings. The molecule has 2 saturated carbocycles. The van der Waals surface area contributed by atoms with E-state index in [0.717, 1.165) is 24.8 Å². The van der Waals surface area contributed by atoms with Crippen LogP contribution in [0.15, 0.2) is 0 Å². The standard InChI is InChI=1S/C14H27NOS/c16-10-4-11-17-12-9-15-13-5-8-14(13)6-2-1-3-7-14/h13,15-16H,1-12H2. The van der Waals surface area contributed by atoms with Gasteiger partial charge in [0.05, 0.1) is 0 Å². The topological polar surface area (TPSA) is 32.3 Å². The Hall–Kier alpha value is 0.270. The minimum Gasteiger partial charge on any atom is -0.396 e. The Kier molecular flexibility index (Phi) is 5.64. The van der Waals surface area contributed by atoms with Crippen LogP contribution in [-0.4, -0.2) is 35.8 Å². The average Bonchev–Trinajstić information content (AvgIpc) is 2.37. The van der Waals surface area contributed by atoms with Crippen molar-refractivity contribution < 1.29 is 5.11 Å².